The molecule has 0 saturated heterocycles. The lowest BCUT2D eigenvalue weighted by Gasteiger charge is -2.22. The lowest BCUT2D eigenvalue weighted by Crippen LogP contribution is -2.29. The lowest BCUT2D eigenvalue weighted by atomic mass is 9.80. The van der Waals surface area contributed by atoms with E-state index in [1.165, 1.54) is 5.56 Å². The van der Waals surface area contributed by atoms with Crippen molar-refractivity contribution in [1.82, 2.24) is 0 Å². The Morgan fingerprint density at radius 2 is 1.57 bits per heavy atom. The first-order chi connectivity index (χ1) is 9.88. The van der Waals surface area contributed by atoms with Crippen molar-refractivity contribution in [2.24, 2.45) is 0 Å². The molecule has 0 atom stereocenters. The fourth-order valence-electron chi connectivity index (χ4n) is 2.16. The molecule has 21 heavy (non-hydrogen) atoms. The van der Waals surface area contributed by atoms with Gasteiger partial charge in [0.1, 0.15) is 12.4 Å². The van der Waals surface area contributed by atoms with Gasteiger partial charge < -0.3 is 14.8 Å². The molecule has 0 aliphatic carbocycles. The summed E-state index contributed by atoms with van der Waals surface area (Å²) in [7, 11) is -1.43. The maximum Gasteiger partial charge on any atom is 0.488 e. The Kier molecular flexibility index (Phi) is 4.71. The molecule has 4 heteroatoms. The van der Waals surface area contributed by atoms with Gasteiger partial charge in [-0.05, 0) is 28.1 Å². The summed E-state index contributed by atoms with van der Waals surface area (Å²) in [6, 6.07) is 15.1. The Morgan fingerprint density at radius 3 is 2.14 bits per heavy atom. The van der Waals surface area contributed by atoms with Crippen molar-refractivity contribution in [2.75, 3.05) is 0 Å². The molecule has 2 N–H and O–H groups in total. The van der Waals surface area contributed by atoms with Gasteiger partial charge in [0, 0.05) is 0 Å². The van der Waals surface area contributed by atoms with Crippen LogP contribution in [0.4, 0.5) is 0 Å². The van der Waals surface area contributed by atoms with E-state index >= 15 is 0 Å². The molecule has 0 bridgehead atoms. The second-order valence-corrected chi connectivity index (χ2v) is 6.15. The van der Waals surface area contributed by atoms with Crippen LogP contribution in [0.2, 0.25) is 0 Å². The van der Waals surface area contributed by atoms with Crippen LogP contribution >= 0.6 is 0 Å². The van der Waals surface area contributed by atoms with Crippen molar-refractivity contribution < 1.29 is 14.8 Å². The van der Waals surface area contributed by atoms with Crippen molar-refractivity contribution in [3.05, 3.63) is 59.7 Å². The number of hydrogen-bond acceptors (Lipinski definition) is 3. The van der Waals surface area contributed by atoms with Crippen LogP contribution in [-0.2, 0) is 12.0 Å². The first-order valence-electron chi connectivity index (χ1n) is 7.05. The van der Waals surface area contributed by atoms with Crippen LogP contribution in [0, 0.1) is 0 Å². The number of rotatable bonds is 4. The van der Waals surface area contributed by atoms with E-state index < -0.39 is 7.12 Å². The van der Waals surface area contributed by atoms with E-state index in [9.17, 15) is 0 Å². The fourth-order valence-corrected chi connectivity index (χ4v) is 2.16. The van der Waals surface area contributed by atoms with Gasteiger partial charge in [-0.25, -0.2) is 0 Å². The molecule has 0 spiro atoms. The van der Waals surface area contributed by atoms with E-state index in [0.29, 0.717) is 12.1 Å². The van der Waals surface area contributed by atoms with E-state index in [4.69, 9.17) is 14.8 Å². The molecule has 0 aliphatic rings. The van der Waals surface area contributed by atoms with Crippen molar-refractivity contribution >= 4 is 12.6 Å². The van der Waals surface area contributed by atoms with Crippen LogP contribution in [0.15, 0.2) is 48.5 Å². The Morgan fingerprint density at radius 1 is 0.952 bits per heavy atom. The van der Waals surface area contributed by atoms with Crippen LogP contribution in [0.3, 0.4) is 0 Å². The topological polar surface area (TPSA) is 49.7 Å². The van der Waals surface area contributed by atoms with Gasteiger partial charge in [-0.1, -0.05) is 63.2 Å². The highest BCUT2D eigenvalue weighted by Gasteiger charge is 2.18. The summed E-state index contributed by atoms with van der Waals surface area (Å²) < 4.78 is 5.93. The Labute approximate surface area is 126 Å². The number of ether oxygens (including phenoxy) is 1. The molecule has 0 fully saturated rings. The van der Waals surface area contributed by atoms with Gasteiger partial charge >= 0.3 is 7.12 Å². The summed E-state index contributed by atoms with van der Waals surface area (Å²) in [6.07, 6.45) is 0. The van der Waals surface area contributed by atoms with Gasteiger partial charge in [-0.15, -0.1) is 0 Å². The minimum atomic E-state index is -1.43. The predicted molar refractivity (Wildman–Crippen MR) is 85.7 cm³/mol. The zero-order valence-electron chi connectivity index (χ0n) is 12.7. The third kappa shape index (κ3) is 4.10. The maximum atomic E-state index is 9.07. The van der Waals surface area contributed by atoms with E-state index in [-0.39, 0.29) is 5.41 Å². The molecule has 0 aromatic heterocycles. The second kappa shape index (κ2) is 6.33. The average molecular weight is 284 g/mol. The van der Waals surface area contributed by atoms with Gasteiger partial charge in [-0.2, -0.15) is 0 Å². The van der Waals surface area contributed by atoms with Gasteiger partial charge in [0.2, 0.25) is 0 Å². The van der Waals surface area contributed by atoms with Crippen LogP contribution in [0.5, 0.6) is 5.75 Å². The number of hydrogen-bond donors (Lipinski definition) is 2. The summed E-state index contributed by atoms with van der Waals surface area (Å²) in [5.41, 5.74) is 2.67. The maximum absolute atomic E-state index is 9.07. The second-order valence-electron chi connectivity index (χ2n) is 6.15. The molecule has 2 aromatic rings. The number of para-hydroxylation sites is 1. The third-order valence-electron chi connectivity index (χ3n) is 3.37. The monoisotopic (exact) mass is 284 g/mol. The zero-order valence-corrected chi connectivity index (χ0v) is 12.7. The van der Waals surface area contributed by atoms with Crippen LogP contribution in [-0.4, -0.2) is 17.2 Å². The molecule has 0 saturated carbocycles. The summed E-state index contributed by atoms with van der Waals surface area (Å²) in [6.45, 7) is 6.93. The summed E-state index contributed by atoms with van der Waals surface area (Å²) in [5, 5.41) is 18.1. The van der Waals surface area contributed by atoms with Crippen molar-refractivity contribution in [3.8, 4) is 5.75 Å². The molecule has 0 radical (unpaired) electrons. The summed E-state index contributed by atoms with van der Waals surface area (Å²) in [5.74, 6) is 0.885. The SMILES string of the molecule is CC(C)(C)c1ccccc1OCc1ccc(B(O)O)cc1. The van der Waals surface area contributed by atoms with Gasteiger partial charge in [0.25, 0.3) is 0 Å². The molecular weight excluding hydrogens is 263 g/mol. The minimum Gasteiger partial charge on any atom is -0.489 e. The predicted octanol–water partition coefficient (Wildman–Crippen LogP) is 2.24. The van der Waals surface area contributed by atoms with E-state index in [0.717, 1.165) is 11.3 Å². The molecular formula is C17H21BO3. The van der Waals surface area contributed by atoms with E-state index in [1.54, 1.807) is 12.1 Å². The lowest BCUT2D eigenvalue weighted by molar-refractivity contribution is 0.297. The molecule has 0 aliphatic heterocycles. The van der Waals surface area contributed by atoms with Crippen LogP contribution < -0.4 is 10.2 Å². The Hall–Kier alpha value is -1.78. The summed E-state index contributed by atoms with van der Waals surface area (Å²) >= 11 is 0. The van der Waals surface area contributed by atoms with Crippen LogP contribution in [0.1, 0.15) is 31.9 Å². The highest BCUT2D eigenvalue weighted by atomic mass is 16.5. The van der Waals surface area contributed by atoms with Gasteiger partial charge in [-0.3, -0.25) is 0 Å². The van der Waals surface area contributed by atoms with E-state index in [1.807, 2.05) is 30.3 Å². The zero-order chi connectivity index (χ0) is 15.5. The summed E-state index contributed by atoms with van der Waals surface area (Å²) in [4.78, 5) is 0. The van der Waals surface area contributed by atoms with Crippen molar-refractivity contribution in [3.63, 3.8) is 0 Å². The molecule has 2 aromatic carbocycles. The van der Waals surface area contributed by atoms with Crippen molar-refractivity contribution in [1.29, 1.82) is 0 Å². The molecule has 0 unspecified atom stereocenters. The third-order valence-corrected chi connectivity index (χ3v) is 3.37. The number of benzene rings is 2. The molecule has 0 amide bonds. The van der Waals surface area contributed by atoms with Gasteiger partial charge in [0.15, 0.2) is 0 Å². The first-order valence-corrected chi connectivity index (χ1v) is 7.05. The largest absolute Gasteiger partial charge is 0.489 e. The quantitative estimate of drug-likeness (QED) is 0.847. The smallest absolute Gasteiger partial charge is 0.488 e. The first kappa shape index (κ1) is 15.6. The Balaban J connectivity index is 2.10. The standard InChI is InChI=1S/C17H21BO3/c1-17(2,3)15-6-4-5-7-16(15)21-12-13-8-10-14(11-9-13)18(19)20/h4-11,19-20H,12H2,1-3H3. The average Bonchev–Trinajstić information content (AvgIpc) is 2.45. The normalized spacial score (nSPS) is 11.3. The highest BCUT2D eigenvalue weighted by Crippen LogP contribution is 2.31. The highest BCUT2D eigenvalue weighted by molar-refractivity contribution is 6.58. The van der Waals surface area contributed by atoms with Crippen molar-refractivity contribution in [2.45, 2.75) is 32.8 Å². The molecule has 0 heterocycles. The molecule has 110 valence electrons. The molecule has 2 rings (SSSR count). The van der Waals surface area contributed by atoms with Crippen LogP contribution in [0.25, 0.3) is 0 Å². The minimum absolute atomic E-state index is 0.0292. The Bertz CT molecular complexity index is 586. The fraction of sp³-hybridized carbons (Fsp3) is 0.294. The van der Waals surface area contributed by atoms with Gasteiger partial charge in [0.05, 0.1) is 0 Å². The molecule has 3 nitrogen and oxygen atoms in total. The van der Waals surface area contributed by atoms with E-state index in [2.05, 4.69) is 26.8 Å².